The Balaban J connectivity index is 1.13. The van der Waals surface area contributed by atoms with Crippen LogP contribution in [0.4, 0.5) is 0 Å². The van der Waals surface area contributed by atoms with Gasteiger partial charge in [0.1, 0.15) is 0 Å². The average molecular weight is 574 g/mol. The fourth-order valence-electron chi connectivity index (χ4n) is 7.46. The second-order valence-electron chi connectivity index (χ2n) is 11.8. The highest BCUT2D eigenvalue weighted by atomic mass is 15.0. The van der Waals surface area contributed by atoms with Crippen LogP contribution in [-0.2, 0) is 0 Å². The maximum absolute atomic E-state index is 2.39. The number of aromatic nitrogens is 3. The first kappa shape index (κ1) is 24.4. The molecule has 3 nitrogen and oxygen atoms in total. The summed E-state index contributed by atoms with van der Waals surface area (Å²) >= 11 is 0. The van der Waals surface area contributed by atoms with Gasteiger partial charge in [-0.05, 0) is 89.6 Å². The van der Waals surface area contributed by atoms with Gasteiger partial charge in [0.15, 0.2) is 0 Å². The molecule has 210 valence electrons. The fraction of sp³-hybridized carbons (Fsp3) is 0. The Hall–Kier alpha value is -6.06. The summed E-state index contributed by atoms with van der Waals surface area (Å²) < 4.78 is 7.06. The number of fused-ring (bicyclic) bond motifs is 9. The number of nitrogens with zero attached hydrogens (tertiary/aromatic N) is 3. The lowest BCUT2D eigenvalue weighted by atomic mass is 10.0. The van der Waals surface area contributed by atoms with Crippen LogP contribution < -0.4 is 0 Å². The predicted molar refractivity (Wildman–Crippen MR) is 189 cm³/mol. The van der Waals surface area contributed by atoms with Crippen LogP contribution in [0.2, 0.25) is 0 Å². The lowest BCUT2D eigenvalue weighted by Gasteiger charge is -2.11. The van der Waals surface area contributed by atoms with Gasteiger partial charge in [-0.1, -0.05) is 78.9 Å². The minimum Gasteiger partial charge on any atom is -0.317 e. The molecule has 0 amide bonds. The number of para-hydroxylation sites is 4. The van der Waals surface area contributed by atoms with Crippen LogP contribution in [0.1, 0.15) is 0 Å². The van der Waals surface area contributed by atoms with E-state index in [2.05, 4.69) is 178 Å². The van der Waals surface area contributed by atoms with Crippen molar-refractivity contribution in [3.8, 4) is 17.1 Å². The maximum Gasteiger partial charge on any atom is 0.0547 e. The predicted octanol–water partition coefficient (Wildman–Crippen LogP) is 11.0. The molecule has 0 aliphatic carbocycles. The second kappa shape index (κ2) is 9.22. The van der Waals surface area contributed by atoms with Gasteiger partial charge in [-0.2, -0.15) is 0 Å². The Labute approximate surface area is 259 Å². The molecule has 10 rings (SSSR count). The normalized spacial score (nSPS) is 12.0. The van der Waals surface area contributed by atoms with Crippen LogP contribution in [0, 0.1) is 0 Å². The molecule has 10 aromatic rings. The standard InChI is InChI=1S/C42H27N3/c1-2-10-30(11-3-1)45-41-17-9-6-14-34(41)37-27-36-28(26-42(37)45)18-23-38-35(36)24-25-43(38)29-19-21-31(22-20-29)44-39-15-7-4-12-32(39)33-13-5-8-16-40(33)44/h1-27H. The Morgan fingerprint density at radius 2 is 0.800 bits per heavy atom. The highest BCUT2D eigenvalue weighted by molar-refractivity contribution is 6.18. The first-order valence-electron chi connectivity index (χ1n) is 15.4. The van der Waals surface area contributed by atoms with E-state index in [0.717, 1.165) is 11.4 Å². The second-order valence-corrected chi connectivity index (χ2v) is 11.8. The van der Waals surface area contributed by atoms with Crippen molar-refractivity contribution in [1.82, 2.24) is 13.7 Å². The highest BCUT2D eigenvalue weighted by Gasteiger charge is 2.16. The number of benzene rings is 7. The lowest BCUT2D eigenvalue weighted by Crippen LogP contribution is -1.96. The molecule has 45 heavy (non-hydrogen) atoms. The summed E-state index contributed by atoms with van der Waals surface area (Å²) in [5, 5.41) is 8.89. The van der Waals surface area contributed by atoms with E-state index in [-0.39, 0.29) is 0 Å². The van der Waals surface area contributed by atoms with Crippen LogP contribution in [0.5, 0.6) is 0 Å². The molecule has 0 radical (unpaired) electrons. The minimum atomic E-state index is 1.15. The molecule has 0 fully saturated rings. The third kappa shape index (κ3) is 3.46. The summed E-state index contributed by atoms with van der Waals surface area (Å²) in [7, 11) is 0. The Morgan fingerprint density at radius 1 is 0.289 bits per heavy atom. The summed E-state index contributed by atoms with van der Waals surface area (Å²) in [5.41, 5.74) is 9.61. The van der Waals surface area contributed by atoms with E-state index in [1.165, 1.54) is 71.0 Å². The van der Waals surface area contributed by atoms with Crippen LogP contribution in [0.3, 0.4) is 0 Å². The molecular formula is C42H27N3. The SMILES string of the molecule is c1ccc(-n2c3ccccc3c3cc4c(ccc5c4ccn5-c4ccc(-n5c6ccccc6c6ccccc65)cc4)cc32)cc1. The van der Waals surface area contributed by atoms with E-state index in [4.69, 9.17) is 0 Å². The van der Waals surface area contributed by atoms with Gasteiger partial charge in [-0.25, -0.2) is 0 Å². The van der Waals surface area contributed by atoms with E-state index in [1.807, 2.05) is 0 Å². The molecule has 3 aromatic heterocycles. The van der Waals surface area contributed by atoms with E-state index < -0.39 is 0 Å². The van der Waals surface area contributed by atoms with Crippen LogP contribution in [-0.4, -0.2) is 13.7 Å². The first-order chi connectivity index (χ1) is 22.3. The van der Waals surface area contributed by atoms with Gasteiger partial charge in [0.2, 0.25) is 0 Å². The topological polar surface area (TPSA) is 14.8 Å². The molecule has 0 unspecified atom stereocenters. The first-order valence-corrected chi connectivity index (χ1v) is 15.4. The van der Waals surface area contributed by atoms with Crippen molar-refractivity contribution in [3.63, 3.8) is 0 Å². The van der Waals surface area contributed by atoms with Crippen molar-refractivity contribution in [2.75, 3.05) is 0 Å². The third-order valence-corrected chi connectivity index (χ3v) is 9.46. The van der Waals surface area contributed by atoms with Gasteiger partial charge in [0.25, 0.3) is 0 Å². The zero-order valence-corrected chi connectivity index (χ0v) is 24.4. The molecule has 0 aliphatic rings. The highest BCUT2D eigenvalue weighted by Crippen LogP contribution is 2.38. The molecule has 0 spiro atoms. The smallest absolute Gasteiger partial charge is 0.0547 e. The molecule has 0 saturated heterocycles. The van der Waals surface area contributed by atoms with E-state index in [0.29, 0.717) is 0 Å². The van der Waals surface area contributed by atoms with Crippen molar-refractivity contribution in [3.05, 3.63) is 164 Å². The van der Waals surface area contributed by atoms with Crippen molar-refractivity contribution in [1.29, 1.82) is 0 Å². The van der Waals surface area contributed by atoms with Crippen molar-refractivity contribution in [2.24, 2.45) is 0 Å². The fourth-order valence-corrected chi connectivity index (χ4v) is 7.46. The summed E-state index contributed by atoms with van der Waals surface area (Å²) in [6.07, 6.45) is 2.21. The number of hydrogen-bond donors (Lipinski definition) is 0. The molecule has 0 atom stereocenters. The Kier molecular flexibility index (Phi) is 5.00. The molecule has 3 heteroatoms. The quantitative estimate of drug-likeness (QED) is 0.200. The minimum absolute atomic E-state index is 1.15. The molecule has 3 heterocycles. The van der Waals surface area contributed by atoms with E-state index >= 15 is 0 Å². The summed E-state index contributed by atoms with van der Waals surface area (Å²) in [5.74, 6) is 0. The lowest BCUT2D eigenvalue weighted by molar-refractivity contribution is 1.11. The molecule has 7 aromatic carbocycles. The largest absolute Gasteiger partial charge is 0.317 e. The van der Waals surface area contributed by atoms with Gasteiger partial charge < -0.3 is 13.7 Å². The number of rotatable bonds is 3. The summed E-state index contributed by atoms with van der Waals surface area (Å²) in [4.78, 5) is 0. The van der Waals surface area contributed by atoms with Gasteiger partial charge in [0.05, 0.1) is 27.6 Å². The molecule has 0 bridgehead atoms. The zero-order chi connectivity index (χ0) is 29.5. The summed E-state index contributed by atoms with van der Waals surface area (Å²) in [6.45, 7) is 0. The van der Waals surface area contributed by atoms with Crippen LogP contribution >= 0.6 is 0 Å². The molecule has 0 saturated carbocycles. The summed E-state index contributed by atoms with van der Waals surface area (Å²) in [6, 6.07) is 57.2. The molecule has 0 aliphatic heterocycles. The Bertz CT molecular complexity index is 2690. The monoisotopic (exact) mass is 573 g/mol. The molecule has 0 N–H and O–H groups in total. The molecular weight excluding hydrogens is 546 g/mol. The van der Waals surface area contributed by atoms with Crippen molar-refractivity contribution in [2.45, 2.75) is 0 Å². The van der Waals surface area contributed by atoms with Crippen LogP contribution in [0.25, 0.3) is 82.3 Å². The van der Waals surface area contributed by atoms with Gasteiger partial charge in [-0.15, -0.1) is 0 Å². The van der Waals surface area contributed by atoms with Crippen LogP contribution in [0.15, 0.2) is 164 Å². The average Bonchev–Trinajstić information content (AvgIpc) is 3.78. The number of hydrogen-bond acceptors (Lipinski definition) is 0. The van der Waals surface area contributed by atoms with Gasteiger partial charge in [0, 0.05) is 50.2 Å². The third-order valence-electron chi connectivity index (χ3n) is 9.46. The van der Waals surface area contributed by atoms with Gasteiger partial charge >= 0.3 is 0 Å². The Morgan fingerprint density at radius 3 is 1.47 bits per heavy atom. The zero-order valence-electron chi connectivity index (χ0n) is 24.4. The van der Waals surface area contributed by atoms with Gasteiger partial charge in [-0.3, -0.25) is 0 Å². The van der Waals surface area contributed by atoms with Crippen molar-refractivity contribution < 1.29 is 0 Å². The van der Waals surface area contributed by atoms with Crippen molar-refractivity contribution >= 4 is 65.3 Å². The van der Waals surface area contributed by atoms with E-state index in [9.17, 15) is 0 Å². The van der Waals surface area contributed by atoms with E-state index in [1.54, 1.807) is 0 Å². The maximum atomic E-state index is 2.39.